The van der Waals surface area contributed by atoms with Crippen molar-refractivity contribution in [2.75, 3.05) is 0 Å². The van der Waals surface area contributed by atoms with E-state index in [1.54, 1.807) is 0 Å². The summed E-state index contributed by atoms with van der Waals surface area (Å²) in [6.45, 7) is 4.40. The van der Waals surface area contributed by atoms with Crippen LogP contribution in [-0.4, -0.2) is 5.78 Å². The van der Waals surface area contributed by atoms with Gasteiger partial charge in [0.15, 0.2) is 5.78 Å². The van der Waals surface area contributed by atoms with E-state index in [4.69, 9.17) is 0 Å². The zero-order valence-electron chi connectivity index (χ0n) is 8.79. The van der Waals surface area contributed by atoms with Gasteiger partial charge in [-0.05, 0) is 23.8 Å². The molecule has 0 bridgehead atoms. The lowest BCUT2D eigenvalue weighted by molar-refractivity contribution is 0.0933. The average Bonchev–Trinajstić information content (AvgIpc) is 2.17. The molecule has 1 atom stereocenters. The maximum atomic E-state index is 11.8. The SMILES string of the molecule is CC(C)[C@@H]1CC(=O)c2ccccc2C1. The Bertz CT molecular complexity index is 352. The lowest BCUT2D eigenvalue weighted by Crippen LogP contribution is -2.23. The van der Waals surface area contributed by atoms with Crippen LogP contribution in [0.15, 0.2) is 24.3 Å². The number of Topliss-reactive ketones (excluding diaryl/α,β-unsaturated/α-hetero) is 1. The van der Waals surface area contributed by atoms with E-state index in [9.17, 15) is 4.79 Å². The van der Waals surface area contributed by atoms with Crippen LogP contribution in [0.4, 0.5) is 0 Å². The van der Waals surface area contributed by atoms with Crippen molar-refractivity contribution in [3.8, 4) is 0 Å². The van der Waals surface area contributed by atoms with E-state index in [1.165, 1.54) is 5.56 Å². The number of fused-ring (bicyclic) bond motifs is 1. The second-order valence-corrected chi connectivity index (χ2v) is 4.49. The van der Waals surface area contributed by atoms with Crippen LogP contribution in [0.1, 0.15) is 36.2 Å². The van der Waals surface area contributed by atoms with Crippen LogP contribution in [0.3, 0.4) is 0 Å². The molecule has 0 heterocycles. The Morgan fingerprint density at radius 1 is 1.21 bits per heavy atom. The standard InChI is InChI=1S/C13H16O/c1-9(2)11-7-10-5-3-4-6-12(10)13(14)8-11/h3-6,9,11H,7-8H2,1-2H3/t11-/m0/s1. The fourth-order valence-electron chi connectivity index (χ4n) is 2.14. The van der Waals surface area contributed by atoms with Crippen LogP contribution in [0.5, 0.6) is 0 Å². The molecule has 1 aliphatic carbocycles. The molecule has 0 fully saturated rings. The van der Waals surface area contributed by atoms with Gasteiger partial charge >= 0.3 is 0 Å². The highest BCUT2D eigenvalue weighted by molar-refractivity contribution is 5.98. The smallest absolute Gasteiger partial charge is 0.163 e. The average molecular weight is 188 g/mol. The van der Waals surface area contributed by atoms with E-state index in [2.05, 4.69) is 19.9 Å². The summed E-state index contributed by atoms with van der Waals surface area (Å²) in [6.07, 6.45) is 1.80. The Labute approximate surface area is 85.1 Å². The molecule has 0 radical (unpaired) electrons. The Balaban J connectivity index is 2.33. The van der Waals surface area contributed by atoms with Crippen LogP contribution in [0, 0.1) is 11.8 Å². The Kier molecular flexibility index (Phi) is 2.40. The Morgan fingerprint density at radius 2 is 1.93 bits per heavy atom. The molecule has 0 aliphatic heterocycles. The fourth-order valence-corrected chi connectivity index (χ4v) is 2.14. The summed E-state index contributed by atoms with van der Waals surface area (Å²) in [5, 5.41) is 0. The molecule has 74 valence electrons. The number of hydrogen-bond donors (Lipinski definition) is 0. The molecule has 1 aromatic carbocycles. The molecule has 1 nitrogen and oxygen atoms in total. The van der Waals surface area contributed by atoms with Crippen LogP contribution >= 0.6 is 0 Å². The van der Waals surface area contributed by atoms with E-state index in [0.29, 0.717) is 17.6 Å². The van der Waals surface area contributed by atoms with Crippen molar-refractivity contribution in [1.29, 1.82) is 0 Å². The summed E-state index contributed by atoms with van der Waals surface area (Å²) in [5.74, 6) is 1.47. The van der Waals surface area contributed by atoms with Crippen molar-refractivity contribution in [2.45, 2.75) is 26.7 Å². The maximum absolute atomic E-state index is 11.8. The lowest BCUT2D eigenvalue weighted by atomic mass is 9.78. The van der Waals surface area contributed by atoms with Crippen LogP contribution < -0.4 is 0 Å². The zero-order chi connectivity index (χ0) is 10.1. The molecule has 0 spiro atoms. The molecule has 0 saturated carbocycles. The molecule has 1 heteroatoms. The fraction of sp³-hybridized carbons (Fsp3) is 0.462. The normalized spacial score (nSPS) is 21.1. The van der Waals surface area contributed by atoms with Gasteiger partial charge in [0.05, 0.1) is 0 Å². The van der Waals surface area contributed by atoms with Crippen molar-refractivity contribution in [1.82, 2.24) is 0 Å². The number of rotatable bonds is 1. The summed E-state index contributed by atoms with van der Waals surface area (Å²) >= 11 is 0. The molecule has 0 N–H and O–H groups in total. The summed E-state index contributed by atoms with van der Waals surface area (Å²) in [4.78, 5) is 11.8. The van der Waals surface area contributed by atoms with Crippen molar-refractivity contribution in [3.05, 3.63) is 35.4 Å². The van der Waals surface area contributed by atoms with E-state index >= 15 is 0 Å². The topological polar surface area (TPSA) is 17.1 Å². The summed E-state index contributed by atoms with van der Waals surface area (Å²) in [7, 11) is 0. The van der Waals surface area contributed by atoms with Gasteiger partial charge in [0, 0.05) is 12.0 Å². The van der Waals surface area contributed by atoms with Gasteiger partial charge in [-0.15, -0.1) is 0 Å². The number of benzene rings is 1. The third-order valence-electron chi connectivity index (χ3n) is 3.19. The van der Waals surface area contributed by atoms with Gasteiger partial charge in [-0.25, -0.2) is 0 Å². The van der Waals surface area contributed by atoms with Gasteiger partial charge < -0.3 is 0 Å². The molecule has 0 amide bonds. The van der Waals surface area contributed by atoms with Crippen molar-refractivity contribution < 1.29 is 4.79 Å². The van der Waals surface area contributed by atoms with E-state index in [0.717, 1.165) is 18.4 Å². The molecular weight excluding hydrogens is 172 g/mol. The van der Waals surface area contributed by atoms with Gasteiger partial charge in [0.25, 0.3) is 0 Å². The number of hydrogen-bond acceptors (Lipinski definition) is 1. The second-order valence-electron chi connectivity index (χ2n) is 4.49. The summed E-state index contributed by atoms with van der Waals surface area (Å²) in [6, 6.07) is 8.01. The van der Waals surface area contributed by atoms with Crippen molar-refractivity contribution >= 4 is 5.78 Å². The third kappa shape index (κ3) is 1.59. The van der Waals surface area contributed by atoms with Crippen LogP contribution in [0.25, 0.3) is 0 Å². The van der Waals surface area contributed by atoms with Gasteiger partial charge in [-0.1, -0.05) is 38.1 Å². The third-order valence-corrected chi connectivity index (χ3v) is 3.19. The first-order valence-corrected chi connectivity index (χ1v) is 5.29. The first kappa shape index (κ1) is 9.45. The van der Waals surface area contributed by atoms with Gasteiger partial charge in [-0.2, -0.15) is 0 Å². The summed E-state index contributed by atoms with van der Waals surface area (Å²) < 4.78 is 0. The number of carbonyl (C=O) groups is 1. The second kappa shape index (κ2) is 3.56. The molecule has 1 aliphatic rings. The monoisotopic (exact) mass is 188 g/mol. The minimum Gasteiger partial charge on any atom is -0.294 e. The van der Waals surface area contributed by atoms with Crippen molar-refractivity contribution in [3.63, 3.8) is 0 Å². The van der Waals surface area contributed by atoms with Gasteiger partial charge in [0.1, 0.15) is 0 Å². The van der Waals surface area contributed by atoms with E-state index < -0.39 is 0 Å². The highest BCUT2D eigenvalue weighted by atomic mass is 16.1. The molecule has 1 aromatic rings. The summed E-state index contributed by atoms with van der Waals surface area (Å²) in [5.41, 5.74) is 2.19. The number of ketones is 1. The van der Waals surface area contributed by atoms with E-state index in [1.807, 2.05) is 18.2 Å². The predicted molar refractivity (Wildman–Crippen MR) is 57.4 cm³/mol. The Hall–Kier alpha value is -1.11. The molecule has 2 rings (SSSR count). The van der Waals surface area contributed by atoms with Crippen LogP contribution in [0.2, 0.25) is 0 Å². The largest absolute Gasteiger partial charge is 0.294 e. The molecule has 0 aromatic heterocycles. The van der Waals surface area contributed by atoms with Crippen molar-refractivity contribution in [2.24, 2.45) is 11.8 Å². The maximum Gasteiger partial charge on any atom is 0.163 e. The molecule has 0 unspecified atom stereocenters. The zero-order valence-corrected chi connectivity index (χ0v) is 8.79. The lowest BCUT2D eigenvalue weighted by Gasteiger charge is -2.26. The van der Waals surface area contributed by atoms with E-state index in [-0.39, 0.29) is 0 Å². The quantitative estimate of drug-likeness (QED) is 0.662. The first-order valence-electron chi connectivity index (χ1n) is 5.29. The highest BCUT2D eigenvalue weighted by Gasteiger charge is 2.26. The predicted octanol–water partition coefficient (Wildman–Crippen LogP) is 3.09. The molecule has 0 saturated heterocycles. The minimum absolute atomic E-state index is 0.325. The first-order chi connectivity index (χ1) is 6.68. The molecule has 14 heavy (non-hydrogen) atoms. The van der Waals surface area contributed by atoms with Gasteiger partial charge in [-0.3, -0.25) is 4.79 Å². The van der Waals surface area contributed by atoms with Gasteiger partial charge in [0.2, 0.25) is 0 Å². The molecular formula is C13H16O. The Morgan fingerprint density at radius 3 is 2.64 bits per heavy atom. The van der Waals surface area contributed by atoms with Crippen LogP contribution in [-0.2, 0) is 6.42 Å². The number of carbonyl (C=O) groups excluding carboxylic acids is 1. The minimum atomic E-state index is 0.325. The highest BCUT2D eigenvalue weighted by Crippen LogP contribution is 2.29.